The molecule has 4 heterocycles. The number of rotatable bonds is 5. The van der Waals surface area contributed by atoms with Crippen LogP contribution in [0.25, 0.3) is 22.3 Å². The van der Waals surface area contributed by atoms with Gasteiger partial charge in [0.1, 0.15) is 12.4 Å². The van der Waals surface area contributed by atoms with Crippen LogP contribution in [0.15, 0.2) is 23.0 Å². The molecule has 1 aromatic carbocycles. The van der Waals surface area contributed by atoms with Crippen molar-refractivity contribution in [3.63, 3.8) is 0 Å². The summed E-state index contributed by atoms with van der Waals surface area (Å²) in [5.41, 5.74) is 3.61. The number of alkyl halides is 2. The van der Waals surface area contributed by atoms with Crippen LogP contribution in [0.1, 0.15) is 34.2 Å². The third kappa shape index (κ3) is 4.36. The zero-order valence-corrected chi connectivity index (χ0v) is 20.4. The molecule has 2 aliphatic heterocycles. The third-order valence-electron chi connectivity index (χ3n) is 7.45. The van der Waals surface area contributed by atoms with Gasteiger partial charge in [0.2, 0.25) is 0 Å². The summed E-state index contributed by atoms with van der Waals surface area (Å²) in [6, 6.07) is 4.74. The zero-order chi connectivity index (χ0) is 26.6. The molecular formula is C26H26F3N3O5. The van der Waals surface area contributed by atoms with Crippen molar-refractivity contribution in [3.05, 3.63) is 62.2 Å². The van der Waals surface area contributed by atoms with Crippen molar-refractivity contribution in [2.75, 3.05) is 19.7 Å². The van der Waals surface area contributed by atoms with E-state index in [2.05, 4.69) is 9.72 Å². The van der Waals surface area contributed by atoms with Crippen LogP contribution in [0.5, 0.6) is 0 Å². The second-order valence-electron chi connectivity index (χ2n) is 9.80. The van der Waals surface area contributed by atoms with Crippen LogP contribution >= 0.6 is 0 Å². The van der Waals surface area contributed by atoms with Crippen molar-refractivity contribution in [1.29, 1.82) is 0 Å². The molecule has 196 valence electrons. The molecule has 0 amide bonds. The van der Waals surface area contributed by atoms with Crippen LogP contribution in [0, 0.1) is 25.6 Å². The molecule has 0 aliphatic carbocycles. The first-order valence-electron chi connectivity index (χ1n) is 11.9. The summed E-state index contributed by atoms with van der Waals surface area (Å²) in [5.74, 6) is -4.58. The topological polar surface area (TPSA) is 105 Å². The quantitative estimate of drug-likeness (QED) is 0.388. The lowest BCUT2D eigenvalue weighted by Crippen LogP contribution is -2.48. The highest BCUT2D eigenvalue weighted by molar-refractivity contribution is 5.88. The minimum atomic E-state index is -2.96. The van der Waals surface area contributed by atoms with E-state index >= 15 is 0 Å². The molecule has 0 bridgehead atoms. The van der Waals surface area contributed by atoms with Crippen LogP contribution in [-0.4, -0.2) is 56.4 Å². The Labute approximate surface area is 209 Å². The number of benzene rings is 1. The third-order valence-corrected chi connectivity index (χ3v) is 7.45. The van der Waals surface area contributed by atoms with Crippen molar-refractivity contribution in [1.82, 2.24) is 14.5 Å². The Hall–Kier alpha value is -3.44. The van der Waals surface area contributed by atoms with Crippen LogP contribution in [-0.2, 0) is 24.4 Å². The van der Waals surface area contributed by atoms with Gasteiger partial charge in [-0.3, -0.25) is 9.69 Å². The van der Waals surface area contributed by atoms with Gasteiger partial charge in [0.05, 0.1) is 41.5 Å². The second-order valence-corrected chi connectivity index (χ2v) is 9.80. The number of nitrogens with zero attached hydrogens (tertiary/aromatic N) is 3. The molecule has 8 nitrogen and oxygen atoms in total. The average Bonchev–Trinajstić information content (AvgIpc) is 3.19. The number of likely N-dealkylation sites (tertiary alicyclic amines) is 1. The van der Waals surface area contributed by atoms with Crippen molar-refractivity contribution >= 4 is 17.1 Å². The van der Waals surface area contributed by atoms with Gasteiger partial charge in [0.25, 0.3) is 11.5 Å². The highest BCUT2D eigenvalue weighted by Gasteiger charge is 2.43. The van der Waals surface area contributed by atoms with E-state index in [-0.39, 0.29) is 38.2 Å². The second kappa shape index (κ2) is 9.14. The predicted octanol–water partition coefficient (Wildman–Crippen LogP) is 3.83. The molecular weight excluding hydrogens is 491 g/mol. The van der Waals surface area contributed by atoms with E-state index in [9.17, 15) is 27.9 Å². The van der Waals surface area contributed by atoms with Gasteiger partial charge in [0.15, 0.2) is 0 Å². The first-order chi connectivity index (χ1) is 17.5. The minimum Gasteiger partial charge on any atom is -0.450 e. The van der Waals surface area contributed by atoms with Crippen LogP contribution in [0.3, 0.4) is 0 Å². The van der Waals surface area contributed by atoms with Gasteiger partial charge in [-0.05, 0) is 42.7 Å². The number of pyridine rings is 2. The molecule has 2 N–H and O–H groups in total. The minimum absolute atomic E-state index is 0.00898. The van der Waals surface area contributed by atoms with Gasteiger partial charge in [0, 0.05) is 43.1 Å². The van der Waals surface area contributed by atoms with Gasteiger partial charge in [-0.2, -0.15) is 0 Å². The summed E-state index contributed by atoms with van der Waals surface area (Å²) in [7, 11) is 0. The first-order valence-corrected chi connectivity index (χ1v) is 11.9. The van der Waals surface area contributed by atoms with E-state index in [4.69, 9.17) is 5.11 Å². The largest absolute Gasteiger partial charge is 0.506 e. The molecule has 0 spiro atoms. The van der Waals surface area contributed by atoms with Gasteiger partial charge in [-0.25, -0.2) is 22.9 Å². The Kier molecular flexibility index (Phi) is 6.23. The SMILES string of the molecule is Cc1cc2c(CN3CCC(F)(F)C(CO)C3)c3c(nc2cc1F)-c1cc(C)c(COC(=O)O)c(=O)n1C3. The number of aryl methyl sites for hydroxylation is 2. The highest BCUT2D eigenvalue weighted by Crippen LogP contribution is 2.39. The Balaban J connectivity index is 1.63. The fourth-order valence-electron chi connectivity index (χ4n) is 5.30. The number of hydrogen-bond acceptors (Lipinski definition) is 6. The smallest absolute Gasteiger partial charge is 0.450 e. The summed E-state index contributed by atoms with van der Waals surface area (Å²) >= 11 is 0. The van der Waals surface area contributed by atoms with Crippen LogP contribution in [0.4, 0.5) is 18.0 Å². The predicted molar refractivity (Wildman–Crippen MR) is 128 cm³/mol. The van der Waals surface area contributed by atoms with E-state index in [1.165, 1.54) is 10.6 Å². The normalized spacial score (nSPS) is 18.6. The van der Waals surface area contributed by atoms with Crippen LogP contribution < -0.4 is 5.56 Å². The Morgan fingerprint density at radius 2 is 1.97 bits per heavy atom. The van der Waals surface area contributed by atoms with Gasteiger partial charge < -0.3 is 19.5 Å². The molecule has 11 heteroatoms. The molecule has 1 unspecified atom stereocenters. The standard InChI is InChI=1S/C26H26F3N3O5/c1-13-6-22-23-18(10-32(22)24(34)19(13)12-37-25(35)36)17(16-5-14(2)20(27)7-21(16)30-23)9-31-4-3-26(28,29)15(8-31)11-33/h5-7,15,33H,3-4,8-12H2,1-2H3,(H,35,36). The lowest BCUT2D eigenvalue weighted by Gasteiger charge is -2.38. The number of piperidine rings is 1. The maximum absolute atomic E-state index is 14.5. The fraction of sp³-hybridized carbons (Fsp3) is 0.423. The van der Waals surface area contributed by atoms with Crippen molar-refractivity contribution in [2.24, 2.45) is 5.92 Å². The molecule has 5 rings (SSSR count). The lowest BCUT2D eigenvalue weighted by atomic mass is 9.92. The van der Waals surface area contributed by atoms with Gasteiger partial charge in [-0.15, -0.1) is 0 Å². The highest BCUT2D eigenvalue weighted by atomic mass is 19.3. The number of aromatic nitrogens is 2. The Bertz CT molecular complexity index is 1490. The molecule has 0 radical (unpaired) electrons. The number of aliphatic hydroxyl groups is 1. The number of halogens is 3. The van der Waals surface area contributed by atoms with Crippen molar-refractivity contribution in [3.8, 4) is 11.4 Å². The number of hydrogen-bond donors (Lipinski definition) is 2. The van der Waals surface area contributed by atoms with Gasteiger partial charge in [-0.1, -0.05) is 0 Å². The van der Waals surface area contributed by atoms with E-state index in [0.717, 1.165) is 11.1 Å². The summed E-state index contributed by atoms with van der Waals surface area (Å²) in [4.78, 5) is 30.7. The molecule has 2 aromatic heterocycles. The van der Waals surface area contributed by atoms with Gasteiger partial charge >= 0.3 is 6.16 Å². The molecule has 0 saturated carbocycles. The van der Waals surface area contributed by atoms with E-state index < -0.39 is 42.6 Å². The number of ether oxygens (including phenoxy) is 1. The summed E-state index contributed by atoms with van der Waals surface area (Å²) in [6.45, 7) is 2.79. The molecule has 1 saturated heterocycles. The van der Waals surface area contributed by atoms with Crippen molar-refractivity contribution < 1.29 is 32.9 Å². The Morgan fingerprint density at radius 1 is 1.22 bits per heavy atom. The average molecular weight is 518 g/mol. The summed E-state index contributed by atoms with van der Waals surface area (Å²) < 4.78 is 49.1. The van der Waals surface area contributed by atoms with E-state index in [1.54, 1.807) is 26.0 Å². The first kappa shape index (κ1) is 25.2. The monoisotopic (exact) mass is 517 g/mol. The lowest BCUT2D eigenvalue weighted by molar-refractivity contribution is -0.121. The maximum atomic E-state index is 14.5. The molecule has 37 heavy (non-hydrogen) atoms. The number of aliphatic hydroxyl groups excluding tert-OH is 1. The number of carboxylic acid groups (broad SMARTS) is 1. The fourth-order valence-corrected chi connectivity index (χ4v) is 5.30. The van der Waals surface area contributed by atoms with Crippen LogP contribution in [0.2, 0.25) is 0 Å². The summed E-state index contributed by atoms with van der Waals surface area (Å²) in [5, 5.41) is 19.1. The molecule has 1 atom stereocenters. The molecule has 1 fully saturated rings. The number of carbonyl (C=O) groups is 1. The summed E-state index contributed by atoms with van der Waals surface area (Å²) in [6.07, 6.45) is -1.88. The maximum Gasteiger partial charge on any atom is 0.506 e. The van der Waals surface area contributed by atoms with E-state index in [0.29, 0.717) is 33.4 Å². The zero-order valence-electron chi connectivity index (χ0n) is 20.4. The van der Waals surface area contributed by atoms with E-state index in [1.807, 2.05) is 4.90 Å². The molecule has 2 aliphatic rings. The Morgan fingerprint density at radius 3 is 2.68 bits per heavy atom. The number of fused-ring (bicyclic) bond motifs is 4. The molecule has 3 aromatic rings. The van der Waals surface area contributed by atoms with Crippen molar-refractivity contribution in [2.45, 2.75) is 45.9 Å².